The van der Waals surface area contributed by atoms with Crippen molar-refractivity contribution >= 4 is 48.9 Å². The SMILES string of the molecule is O=C(CN(c1ccc(Cl)c(C(F)(F)F)c1)S(=O)(=O)c1ccccc1)Nc1ccc(S(=O)(=O)N2CCCC2)cc1. The number of nitrogens with one attached hydrogen (secondary N) is 1. The number of carbonyl (C=O) groups excluding carboxylic acids is 1. The summed E-state index contributed by atoms with van der Waals surface area (Å²) in [5.74, 6) is -0.867. The Balaban J connectivity index is 1.62. The summed E-state index contributed by atoms with van der Waals surface area (Å²) in [5.41, 5.74) is -1.51. The van der Waals surface area contributed by atoms with Gasteiger partial charge in [-0.3, -0.25) is 9.10 Å². The Hall–Kier alpha value is -3.13. The Labute approximate surface area is 229 Å². The van der Waals surface area contributed by atoms with E-state index in [4.69, 9.17) is 11.6 Å². The number of amides is 1. The van der Waals surface area contributed by atoms with Crippen LogP contribution in [-0.2, 0) is 31.0 Å². The molecule has 1 aliphatic rings. The van der Waals surface area contributed by atoms with Crippen LogP contribution in [0, 0.1) is 0 Å². The largest absolute Gasteiger partial charge is 0.417 e. The van der Waals surface area contributed by atoms with Crippen LogP contribution in [0.5, 0.6) is 0 Å². The molecule has 4 rings (SSSR count). The van der Waals surface area contributed by atoms with Crippen molar-refractivity contribution in [2.45, 2.75) is 28.8 Å². The lowest BCUT2D eigenvalue weighted by atomic mass is 10.2. The molecular formula is C25H23ClF3N3O5S2. The van der Waals surface area contributed by atoms with Crippen LogP contribution < -0.4 is 9.62 Å². The minimum atomic E-state index is -4.87. The van der Waals surface area contributed by atoms with E-state index in [1.165, 1.54) is 52.8 Å². The van der Waals surface area contributed by atoms with Crippen molar-refractivity contribution < 1.29 is 34.8 Å². The number of hydrogen-bond acceptors (Lipinski definition) is 5. The van der Waals surface area contributed by atoms with Gasteiger partial charge in [0.1, 0.15) is 6.54 Å². The molecule has 1 heterocycles. The molecule has 0 spiro atoms. The molecule has 0 atom stereocenters. The number of anilines is 2. The fourth-order valence-corrected chi connectivity index (χ4v) is 7.21. The molecule has 1 N–H and O–H groups in total. The van der Waals surface area contributed by atoms with Gasteiger partial charge in [-0.2, -0.15) is 17.5 Å². The van der Waals surface area contributed by atoms with Gasteiger partial charge in [-0.1, -0.05) is 29.8 Å². The first-order valence-corrected chi connectivity index (χ1v) is 14.9. The van der Waals surface area contributed by atoms with Gasteiger partial charge in [0.25, 0.3) is 10.0 Å². The van der Waals surface area contributed by atoms with Crippen LogP contribution in [0.2, 0.25) is 5.02 Å². The first-order valence-electron chi connectivity index (χ1n) is 11.6. The Kier molecular flexibility index (Phi) is 8.26. The van der Waals surface area contributed by atoms with Crippen molar-refractivity contribution in [3.8, 4) is 0 Å². The van der Waals surface area contributed by atoms with Crippen molar-refractivity contribution in [3.05, 3.63) is 83.4 Å². The van der Waals surface area contributed by atoms with Gasteiger partial charge >= 0.3 is 6.18 Å². The Bertz CT molecular complexity index is 1560. The first kappa shape index (κ1) is 28.9. The van der Waals surface area contributed by atoms with Crippen LogP contribution in [0.4, 0.5) is 24.5 Å². The van der Waals surface area contributed by atoms with Crippen LogP contribution >= 0.6 is 11.6 Å². The van der Waals surface area contributed by atoms with Crippen LogP contribution in [0.1, 0.15) is 18.4 Å². The van der Waals surface area contributed by atoms with Crippen LogP contribution in [0.15, 0.2) is 82.6 Å². The maximum Gasteiger partial charge on any atom is 0.417 e. The van der Waals surface area contributed by atoms with E-state index in [1.807, 2.05) is 0 Å². The molecule has 0 unspecified atom stereocenters. The van der Waals surface area contributed by atoms with Crippen LogP contribution in [-0.4, -0.2) is 46.7 Å². The minimum absolute atomic E-state index is 0.0384. The third-order valence-electron chi connectivity index (χ3n) is 6.00. The summed E-state index contributed by atoms with van der Waals surface area (Å²) >= 11 is 5.70. The summed E-state index contributed by atoms with van der Waals surface area (Å²) in [6.45, 7) is -0.0232. The molecular weight excluding hydrogens is 579 g/mol. The minimum Gasteiger partial charge on any atom is -0.325 e. The third-order valence-corrected chi connectivity index (χ3v) is 10.0. The molecule has 0 radical (unpaired) electrons. The quantitative estimate of drug-likeness (QED) is 0.392. The molecule has 1 fully saturated rings. The Morgan fingerprint density at radius 3 is 2.10 bits per heavy atom. The number of benzene rings is 3. The molecule has 0 bridgehead atoms. The van der Waals surface area contributed by atoms with Gasteiger partial charge in [0.15, 0.2) is 0 Å². The van der Waals surface area contributed by atoms with Gasteiger partial charge in [0.05, 0.1) is 26.1 Å². The number of alkyl halides is 3. The summed E-state index contributed by atoms with van der Waals surface area (Å²) < 4.78 is 94.7. The number of hydrogen-bond donors (Lipinski definition) is 1. The summed E-state index contributed by atoms with van der Waals surface area (Å²) in [7, 11) is -8.15. The highest BCUT2D eigenvalue weighted by atomic mass is 35.5. The zero-order valence-corrected chi connectivity index (χ0v) is 22.6. The van der Waals surface area contributed by atoms with E-state index < -0.39 is 54.9 Å². The van der Waals surface area contributed by atoms with E-state index in [2.05, 4.69) is 5.32 Å². The monoisotopic (exact) mass is 601 g/mol. The predicted octanol–water partition coefficient (Wildman–Crippen LogP) is 4.98. The molecule has 1 amide bonds. The molecule has 3 aromatic carbocycles. The maximum atomic E-state index is 13.5. The van der Waals surface area contributed by atoms with Gasteiger partial charge in [-0.25, -0.2) is 16.8 Å². The van der Waals surface area contributed by atoms with Crippen molar-refractivity contribution in [2.24, 2.45) is 0 Å². The second-order valence-corrected chi connectivity index (χ2v) is 12.9. The number of sulfonamides is 2. The van der Waals surface area contributed by atoms with Crippen LogP contribution in [0.25, 0.3) is 0 Å². The molecule has 1 aliphatic heterocycles. The summed E-state index contributed by atoms with van der Waals surface area (Å²) in [6.07, 6.45) is -3.32. The summed E-state index contributed by atoms with van der Waals surface area (Å²) in [4.78, 5) is 12.7. The Morgan fingerprint density at radius 1 is 0.897 bits per heavy atom. The zero-order chi connectivity index (χ0) is 28.4. The highest BCUT2D eigenvalue weighted by molar-refractivity contribution is 7.92. The fraction of sp³-hybridized carbons (Fsp3) is 0.240. The van der Waals surface area contributed by atoms with Gasteiger partial charge in [0.2, 0.25) is 15.9 Å². The third kappa shape index (κ3) is 6.38. The Morgan fingerprint density at radius 2 is 1.51 bits per heavy atom. The van der Waals surface area contributed by atoms with Crippen molar-refractivity contribution in [2.75, 3.05) is 29.3 Å². The molecule has 0 aliphatic carbocycles. The predicted molar refractivity (Wildman–Crippen MR) is 140 cm³/mol. The number of rotatable bonds is 8. The molecule has 8 nitrogen and oxygen atoms in total. The lowest BCUT2D eigenvalue weighted by Crippen LogP contribution is -2.38. The molecule has 1 saturated heterocycles. The summed E-state index contributed by atoms with van der Waals surface area (Å²) in [5, 5.41) is 1.84. The van der Waals surface area contributed by atoms with Crippen LogP contribution in [0.3, 0.4) is 0 Å². The van der Waals surface area contributed by atoms with Crippen molar-refractivity contribution in [1.82, 2.24) is 4.31 Å². The molecule has 14 heteroatoms. The lowest BCUT2D eigenvalue weighted by Gasteiger charge is -2.25. The van der Waals surface area contributed by atoms with E-state index in [9.17, 15) is 34.8 Å². The highest BCUT2D eigenvalue weighted by Gasteiger charge is 2.35. The molecule has 0 aromatic heterocycles. The lowest BCUT2D eigenvalue weighted by molar-refractivity contribution is -0.137. The van der Waals surface area contributed by atoms with E-state index >= 15 is 0 Å². The van der Waals surface area contributed by atoms with Gasteiger partial charge in [-0.15, -0.1) is 0 Å². The van der Waals surface area contributed by atoms with E-state index in [1.54, 1.807) is 6.07 Å². The van der Waals surface area contributed by atoms with Crippen molar-refractivity contribution in [1.29, 1.82) is 0 Å². The van der Waals surface area contributed by atoms with Gasteiger partial charge in [0, 0.05) is 18.8 Å². The molecule has 39 heavy (non-hydrogen) atoms. The smallest absolute Gasteiger partial charge is 0.325 e. The van der Waals surface area contributed by atoms with Crippen molar-refractivity contribution in [3.63, 3.8) is 0 Å². The first-order chi connectivity index (χ1) is 18.3. The number of carbonyl (C=O) groups is 1. The molecule has 208 valence electrons. The number of nitrogens with zero attached hydrogens (tertiary/aromatic N) is 2. The zero-order valence-electron chi connectivity index (χ0n) is 20.2. The van der Waals surface area contributed by atoms with E-state index in [-0.39, 0.29) is 15.5 Å². The summed E-state index contributed by atoms with van der Waals surface area (Å²) in [6, 6.07) is 14.8. The second kappa shape index (κ2) is 11.2. The number of halogens is 4. The van der Waals surface area contributed by atoms with Gasteiger partial charge in [-0.05, 0) is 67.4 Å². The maximum absolute atomic E-state index is 13.5. The molecule has 3 aromatic rings. The van der Waals surface area contributed by atoms with Gasteiger partial charge < -0.3 is 5.32 Å². The second-order valence-electron chi connectivity index (χ2n) is 8.67. The fourth-order valence-electron chi connectivity index (χ4n) is 4.04. The van der Waals surface area contributed by atoms with E-state index in [0.29, 0.717) is 23.5 Å². The standard InChI is InChI=1S/C25H23ClF3N3O5S2/c26-23-13-10-19(16-22(23)25(27,28)29)32(39(36,37)20-6-2-1-3-7-20)17-24(33)30-18-8-11-21(12-9-18)38(34,35)31-14-4-5-15-31/h1-3,6-13,16H,4-5,14-15,17H2,(H,30,33). The van der Waals surface area contributed by atoms with E-state index in [0.717, 1.165) is 25.0 Å². The average molecular weight is 602 g/mol. The normalized spacial score (nSPS) is 14.8. The topological polar surface area (TPSA) is 104 Å². The molecule has 0 saturated carbocycles. The highest BCUT2D eigenvalue weighted by Crippen LogP contribution is 2.38. The average Bonchev–Trinajstić information content (AvgIpc) is 3.44.